The highest BCUT2D eigenvalue weighted by Crippen LogP contribution is 2.35. The van der Waals surface area contributed by atoms with Crippen molar-refractivity contribution >= 4 is 37.2 Å². The number of nitrogens with zero attached hydrogens (tertiary/aromatic N) is 2. The Hall–Kier alpha value is -1.53. The van der Waals surface area contributed by atoms with Gasteiger partial charge in [-0.3, -0.25) is 4.99 Å². The summed E-state index contributed by atoms with van der Waals surface area (Å²) in [5.41, 5.74) is 1.88. The molecule has 15 heavy (non-hydrogen) atoms. The molecule has 0 bridgehead atoms. The van der Waals surface area contributed by atoms with E-state index in [1.54, 1.807) is 0 Å². The monoisotopic (exact) mass is 214 g/mol. The molecular weight excluding hydrogens is 203 g/mol. The second-order valence-electron chi connectivity index (χ2n) is 3.11. The molecule has 0 aliphatic carbocycles. The van der Waals surface area contributed by atoms with Gasteiger partial charge in [-0.1, -0.05) is 24.3 Å². The Morgan fingerprint density at radius 2 is 1.73 bits per heavy atom. The van der Waals surface area contributed by atoms with Gasteiger partial charge in [0.25, 0.3) is 0 Å². The fraction of sp³-hybridized carbons (Fsp3) is 0.0833. The van der Waals surface area contributed by atoms with E-state index in [-0.39, 0.29) is 0 Å². The molecule has 74 valence electrons. The Labute approximate surface area is 90.6 Å². The Balaban J connectivity index is 2.86. The first kappa shape index (κ1) is 10.0. The van der Waals surface area contributed by atoms with Crippen LogP contribution in [0.3, 0.4) is 0 Å². The second-order valence-corrected chi connectivity index (χ2v) is 3.71. The van der Waals surface area contributed by atoms with Gasteiger partial charge in [0.15, 0.2) is 0 Å². The molecule has 0 aliphatic heterocycles. The van der Waals surface area contributed by atoms with Crippen LogP contribution in [-0.4, -0.2) is 13.4 Å². The van der Waals surface area contributed by atoms with E-state index in [1.165, 1.54) is 0 Å². The van der Waals surface area contributed by atoms with Gasteiger partial charge in [-0.2, -0.15) is 0 Å². The maximum atomic E-state index is 4.43. The van der Waals surface area contributed by atoms with Crippen molar-refractivity contribution in [2.75, 3.05) is 6.66 Å². The van der Waals surface area contributed by atoms with Crippen LogP contribution in [0.15, 0.2) is 46.1 Å². The van der Waals surface area contributed by atoms with Gasteiger partial charge in [-0.05, 0) is 30.9 Å². The van der Waals surface area contributed by atoms with E-state index < -0.39 is 0 Å². The molecule has 0 unspecified atom stereocenters. The summed E-state index contributed by atoms with van der Waals surface area (Å²) in [6.45, 7) is 5.59. The van der Waals surface area contributed by atoms with Gasteiger partial charge in [-0.25, -0.2) is 4.74 Å². The molecule has 0 amide bonds. The number of hydrogen-bond acceptors (Lipinski definition) is 2. The summed E-state index contributed by atoms with van der Waals surface area (Å²) < 4.78 is 4.43. The molecule has 0 aromatic heterocycles. The summed E-state index contributed by atoms with van der Waals surface area (Å²) in [6, 6.07) is 12.1. The van der Waals surface area contributed by atoms with E-state index >= 15 is 0 Å². The lowest BCUT2D eigenvalue weighted by Crippen LogP contribution is -1.74. The van der Waals surface area contributed by atoms with Crippen LogP contribution < -0.4 is 0 Å². The molecule has 0 N–H and O–H groups in total. The van der Waals surface area contributed by atoms with Gasteiger partial charge in [0.05, 0.1) is 11.4 Å². The number of hydrogen-bond donors (Lipinski definition) is 0. The van der Waals surface area contributed by atoms with Crippen molar-refractivity contribution in [2.24, 2.45) is 9.74 Å². The lowest BCUT2D eigenvalue weighted by Gasteiger charge is -2.04. The molecule has 0 fully saturated rings. The predicted molar refractivity (Wildman–Crippen MR) is 68.1 cm³/mol. The molecule has 0 aliphatic rings. The van der Waals surface area contributed by atoms with Crippen molar-refractivity contribution in [3.05, 3.63) is 36.4 Å². The maximum Gasteiger partial charge on any atom is 0.0775 e. The highest BCUT2D eigenvalue weighted by atomic mass is 31.1. The van der Waals surface area contributed by atoms with E-state index in [4.69, 9.17) is 0 Å². The van der Waals surface area contributed by atoms with E-state index in [2.05, 4.69) is 28.6 Å². The third-order valence-corrected chi connectivity index (χ3v) is 2.65. The minimum absolute atomic E-state index is 0.899. The zero-order valence-corrected chi connectivity index (χ0v) is 9.41. The van der Waals surface area contributed by atoms with Gasteiger partial charge in [0.2, 0.25) is 0 Å². The molecule has 0 radical (unpaired) electrons. The molecule has 2 rings (SSSR count). The van der Waals surface area contributed by atoms with Crippen LogP contribution in [-0.2, 0) is 0 Å². The zero-order chi connectivity index (χ0) is 10.7. The molecule has 0 saturated heterocycles. The van der Waals surface area contributed by atoms with Gasteiger partial charge in [-0.15, -0.1) is 0 Å². The van der Waals surface area contributed by atoms with Gasteiger partial charge < -0.3 is 0 Å². The summed E-state index contributed by atoms with van der Waals surface area (Å²) in [4.78, 5) is 4.03. The van der Waals surface area contributed by atoms with Gasteiger partial charge in [0.1, 0.15) is 0 Å². The molecule has 2 aromatic carbocycles. The Morgan fingerprint density at radius 3 is 2.33 bits per heavy atom. The number of rotatable bonds is 2. The van der Waals surface area contributed by atoms with Crippen molar-refractivity contribution in [1.29, 1.82) is 0 Å². The van der Waals surface area contributed by atoms with Crippen molar-refractivity contribution in [1.82, 2.24) is 0 Å². The maximum absolute atomic E-state index is 4.43. The SMILES string of the molecule is C=Nc1cccc2cccc(/N=P/C)c12. The number of aliphatic imine (C=N–C) groups is 1. The summed E-state index contributed by atoms with van der Waals surface area (Å²) in [7, 11) is 1.01. The average molecular weight is 214 g/mol. The molecule has 0 spiro atoms. The van der Waals surface area contributed by atoms with Crippen LogP contribution in [0, 0.1) is 0 Å². The summed E-state index contributed by atoms with van der Waals surface area (Å²) in [6.07, 6.45) is 0. The molecular formula is C12H11N2P. The van der Waals surface area contributed by atoms with E-state index in [1.807, 2.05) is 30.9 Å². The van der Waals surface area contributed by atoms with Crippen LogP contribution >= 0.6 is 8.37 Å². The lowest BCUT2D eigenvalue weighted by atomic mass is 10.1. The smallest absolute Gasteiger partial charge is 0.0775 e. The minimum Gasteiger partial charge on any atom is -0.264 e. The van der Waals surface area contributed by atoms with Crippen LogP contribution in [0.4, 0.5) is 11.4 Å². The van der Waals surface area contributed by atoms with Crippen LogP contribution in [0.1, 0.15) is 0 Å². The largest absolute Gasteiger partial charge is 0.264 e. The average Bonchev–Trinajstić information content (AvgIpc) is 2.29. The van der Waals surface area contributed by atoms with Crippen LogP contribution in [0.5, 0.6) is 0 Å². The third-order valence-electron chi connectivity index (χ3n) is 2.24. The van der Waals surface area contributed by atoms with E-state index in [0.717, 1.165) is 30.5 Å². The first-order valence-corrected chi connectivity index (χ1v) is 5.94. The van der Waals surface area contributed by atoms with Crippen molar-refractivity contribution < 1.29 is 0 Å². The summed E-state index contributed by atoms with van der Waals surface area (Å²) in [5.74, 6) is 0. The normalized spacial score (nSPS) is 11.0. The van der Waals surface area contributed by atoms with Gasteiger partial charge >= 0.3 is 0 Å². The minimum atomic E-state index is 0.899. The van der Waals surface area contributed by atoms with Crippen molar-refractivity contribution in [2.45, 2.75) is 0 Å². The lowest BCUT2D eigenvalue weighted by molar-refractivity contribution is 1.56. The second kappa shape index (κ2) is 4.33. The molecule has 0 heterocycles. The number of fused-ring (bicyclic) bond motifs is 1. The zero-order valence-electron chi connectivity index (χ0n) is 8.51. The van der Waals surface area contributed by atoms with Crippen molar-refractivity contribution in [3.63, 3.8) is 0 Å². The Bertz CT molecular complexity index is 527. The topological polar surface area (TPSA) is 24.7 Å². The fourth-order valence-corrected chi connectivity index (χ4v) is 2.01. The van der Waals surface area contributed by atoms with Crippen LogP contribution in [0.2, 0.25) is 0 Å². The van der Waals surface area contributed by atoms with E-state index in [0.29, 0.717) is 0 Å². The van der Waals surface area contributed by atoms with Gasteiger partial charge in [0, 0.05) is 13.8 Å². The first-order chi connectivity index (χ1) is 7.36. The molecule has 2 aromatic rings. The fourth-order valence-electron chi connectivity index (χ4n) is 1.62. The Kier molecular flexibility index (Phi) is 2.89. The highest BCUT2D eigenvalue weighted by Gasteiger charge is 2.03. The number of benzene rings is 2. The predicted octanol–water partition coefficient (Wildman–Crippen LogP) is 4.56. The summed E-state index contributed by atoms with van der Waals surface area (Å²) in [5, 5.41) is 2.24. The van der Waals surface area contributed by atoms with Crippen molar-refractivity contribution in [3.8, 4) is 0 Å². The third kappa shape index (κ3) is 1.81. The van der Waals surface area contributed by atoms with E-state index in [9.17, 15) is 0 Å². The molecule has 2 nitrogen and oxygen atoms in total. The highest BCUT2D eigenvalue weighted by molar-refractivity contribution is 7.25. The summed E-state index contributed by atoms with van der Waals surface area (Å²) >= 11 is 0. The van der Waals surface area contributed by atoms with Crippen LogP contribution in [0.25, 0.3) is 10.8 Å². The molecule has 0 saturated carbocycles. The standard InChI is InChI=1S/C12H11N2P/c1-13-10-7-3-5-9-6-4-8-11(12(9)10)14-15-2/h3-8H,1H2,2H3. The molecule has 3 heteroatoms. The Morgan fingerprint density at radius 1 is 1.07 bits per heavy atom. The quantitative estimate of drug-likeness (QED) is 0.517. The molecule has 0 atom stereocenters. The first-order valence-electron chi connectivity index (χ1n) is 4.65.